The number of aryl methyl sites for hydroxylation is 2. The highest BCUT2D eigenvalue weighted by Crippen LogP contribution is 2.08. The second-order valence-corrected chi connectivity index (χ2v) is 6.03. The Morgan fingerprint density at radius 2 is 1.43 bits per heavy atom. The molecule has 122 valence electrons. The molecule has 1 rings (SSSR count). The van der Waals surface area contributed by atoms with E-state index in [4.69, 9.17) is 0 Å². The Hall–Kier alpha value is -0.920. The lowest BCUT2D eigenvalue weighted by Crippen LogP contribution is -3.00. The molecule has 0 aliphatic carbocycles. The van der Waals surface area contributed by atoms with E-state index in [1.54, 1.807) is 0 Å². The number of nitrogens with zero attached hydrogens (tertiary/aromatic N) is 1. The summed E-state index contributed by atoms with van der Waals surface area (Å²) >= 11 is 0. The minimum atomic E-state index is 0. The molecular formula is C19H34FN. The number of halogens is 1. The van der Waals surface area contributed by atoms with E-state index < -0.39 is 0 Å². The van der Waals surface area contributed by atoms with Crippen molar-refractivity contribution in [3.63, 3.8) is 0 Å². The maximum absolute atomic E-state index is 2.38. The number of rotatable bonds is 12. The van der Waals surface area contributed by atoms with Crippen LogP contribution in [0.4, 0.5) is 0 Å². The van der Waals surface area contributed by atoms with Crippen molar-refractivity contribution in [3.05, 3.63) is 30.1 Å². The van der Waals surface area contributed by atoms with Gasteiger partial charge in [0.25, 0.3) is 0 Å². The number of unbranched alkanes of at least 4 members (excludes halogenated alkanes) is 8. The topological polar surface area (TPSA) is 3.88 Å². The quantitative estimate of drug-likeness (QED) is 0.412. The van der Waals surface area contributed by atoms with Crippen LogP contribution in [-0.2, 0) is 13.0 Å². The van der Waals surface area contributed by atoms with Crippen LogP contribution in [0.15, 0.2) is 24.5 Å². The molecule has 0 unspecified atom stereocenters. The Morgan fingerprint density at radius 1 is 0.810 bits per heavy atom. The van der Waals surface area contributed by atoms with Gasteiger partial charge in [0, 0.05) is 18.1 Å². The molecule has 0 N–H and O–H groups in total. The van der Waals surface area contributed by atoms with Crippen molar-refractivity contribution >= 4 is 0 Å². The van der Waals surface area contributed by atoms with E-state index in [9.17, 15) is 0 Å². The molecule has 0 saturated heterocycles. The zero-order valence-corrected chi connectivity index (χ0v) is 14.1. The Labute approximate surface area is 131 Å². The van der Waals surface area contributed by atoms with Crippen LogP contribution in [-0.4, -0.2) is 0 Å². The first-order valence-corrected chi connectivity index (χ1v) is 8.84. The molecule has 1 aromatic heterocycles. The lowest BCUT2D eigenvalue weighted by molar-refractivity contribution is -0.697. The smallest absolute Gasteiger partial charge is 0.171 e. The van der Waals surface area contributed by atoms with Gasteiger partial charge in [0.05, 0.1) is 0 Å². The monoisotopic (exact) mass is 295 g/mol. The SMILES string of the molecule is CCCCCCCCCC[n+]1cccc(CCCC)c1.[F-]. The summed E-state index contributed by atoms with van der Waals surface area (Å²) in [5, 5.41) is 0. The summed E-state index contributed by atoms with van der Waals surface area (Å²) in [6.07, 6.45) is 19.6. The number of hydrogen-bond acceptors (Lipinski definition) is 0. The van der Waals surface area contributed by atoms with Crippen LogP contribution in [0.1, 0.15) is 83.6 Å². The maximum Gasteiger partial charge on any atom is 0.171 e. The average Bonchev–Trinajstić information content (AvgIpc) is 2.48. The second kappa shape index (κ2) is 14.0. The van der Waals surface area contributed by atoms with E-state index in [0.29, 0.717) is 0 Å². The summed E-state index contributed by atoms with van der Waals surface area (Å²) in [7, 11) is 0. The van der Waals surface area contributed by atoms with Gasteiger partial charge in [-0.1, -0.05) is 58.8 Å². The minimum absolute atomic E-state index is 0. The molecule has 0 aliphatic rings. The molecule has 1 heterocycles. The molecule has 0 atom stereocenters. The van der Waals surface area contributed by atoms with Crippen LogP contribution in [0.25, 0.3) is 0 Å². The van der Waals surface area contributed by atoms with Gasteiger partial charge >= 0.3 is 0 Å². The van der Waals surface area contributed by atoms with Gasteiger partial charge in [-0.2, -0.15) is 0 Å². The molecular weight excluding hydrogens is 261 g/mol. The van der Waals surface area contributed by atoms with Gasteiger partial charge in [-0.05, 0) is 25.3 Å². The Balaban J connectivity index is 0.00000400. The van der Waals surface area contributed by atoms with Gasteiger partial charge in [0.2, 0.25) is 0 Å². The zero-order valence-electron chi connectivity index (χ0n) is 14.1. The number of aromatic nitrogens is 1. The lowest BCUT2D eigenvalue weighted by Gasteiger charge is -2.02. The summed E-state index contributed by atoms with van der Waals surface area (Å²) in [6.45, 7) is 5.73. The van der Waals surface area contributed by atoms with E-state index in [-0.39, 0.29) is 4.70 Å². The van der Waals surface area contributed by atoms with Crippen molar-refractivity contribution in [2.24, 2.45) is 0 Å². The van der Waals surface area contributed by atoms with Crippen LogP contribution in [0.3, 0.4) is 0 Å². The van der Waals surface area contributed by atoms with Crippen molar-refractivity contribution in [1.29, 1.82) is 0 Å². The van der Waals surface area contributed by atoms with Crippen molar-refractivity contribution in [3.8, 4) is 0 Å². The first-order chi connectivity index (χ1) is 9.86. The first kappa shape index (κ1) is 20.1. The van der Waals surface area contributed by atoms with Crippen LogP contribution in [0.2, 0.25) is 0 Å². The minimum Gasteiger partial charge on any atom is -1.00 e. The largest absolute Gasteiger partial charge is 1.00 e. The third kappa shape index (κ3) is 10.4. The van der Waals surface area contributed by atoms with E-state index in [1.807, 2.05) is 0 Å². The van der Waals surface area contributed by atoms with E-state index in [1.165, 1.54) is 82.7 Å². The van der Waals surface area contributed by atoms with E-state index in [0.717, 1.165) is 0 Å². The van der Waals surface area contributed by atoms with Crippen molar-refractivity contribution < 1.29 is 9.27 Å². The maximum atomic E-state index is 2.38. The third-order valence-corrected chi connectivity index (χ3v) is 4.01. The van der Waals surface area contributed by atoms with E-state index in [2.05, 4.69) is 42.9 Å². The highest BCUT2D eigenvalue weighted by Gasteiger charge is 2.02. The normalized spacial score (nSPS) is 10.4. The molecule has 0 bridgehead atoms. The van der Waals surface area contributed by atoms with Gasteiger partial charge in [-0.25, -0.2) is 4.57 Å². The Morgan fingerprint density at radius 3 is 2.10 bits per heavy atom. The molecule has 0 radical (unpaired) electrons. The van der Waals surface area contributed by atoms with Crippen LogP contribution >= 0.6 is 0 Å². The third-order valence-electron chi connectivity index (χ3n) is 4.01. The molecule has 0 saturated carbocycles. The standard InChI is InChI=1S/C19H34N.FH/c1-3-5-7-8-9-10-11-12-16-20-17-13-15-19(18-20)14-6-4-2;/h13,15,17-18H,3-12,14,16H2,1-2H3;1H/q+1;/p-1. The van der Waals surface area contributed by atoms with Gasteiger partial charge in [0.1, 0.15) is 6.54 Å². The summed E-state index contributed by atoms with van der Waals surface area (Å²) in [6, 6.07) is 4.47. The second-order valence-electron chi connectivity index (χ2n) is 6.03. The summed E-state index contributed by atoms with van der Waals surface area (Å²) in [5.41, 5.74) is 1.49. The first-order valence-electron chi connectivity index (χ1n) is 8.84. The highest BCUT2D eigenvalue weighted by atomic mass is 19.0. The average molecular weight is 295 g/mol. The summed E-state index contributed by atoms with van der Waals surface area (Å²) in [4.78, 5) is 0. The van der Waals surface area contributed by atoms with Gasteiger partial charge in [0.15, 0.2) is 12.4 Å². The molecule has 0 aromatic carbocycles. The van der Waals surface area contributed by atoms with Gasteiger partial charge in [-0.3, -0.25) is 0 Å². The fourth-order valence-corrected chi connectivity index (χ4v) is 2.67. The Kier molecular flexibility index (Phi) is 13.4. The highest BCUT2D eigenvalue weighted by molar-refractivity contribution is 5.05. The molecule has 0 amide bonds. The molecule has 1 aromatic rings. The predicted molar refractivity (Wildman–Crippen MR) is 87.9 cm³/mol. The van der Waals surface area contributed by atoms with Crippen LogP contribution < -0.4 is 9.27 Å². The van der Waals surface area contributed by atoms with Crippen molar-refractivity contribution in [1.82, 2.24) is 0 Å². The fraction of sp³-hybridized carbons (Fsp3) is 0.737. The molecule has 1 nitrogen and oxygen atoms in total. The number of hydrogen-bond donors (Lipinski definition) is 0. The van der Waals surface area contributed by atoms with Gasteiger partial charge in [-0.15, -0.1) is 0 Å². The lowest BCUT2D eigenvalue weighted by atomic mass is 10.1. The Bertz CT molecular complexity index is 338. The molecule has 0 fully saturated rings. The molecule has 2 heteroatoms. The van der Waals surface area contributed by atoms with Crippen molar-refractivity contribution in [2.75, 3.05) is 0 Å². The summed E-state index contributed by atoms with van der Waals surface area (Å²) < 4.78 is 2.38. The molecule has 0 spiro atoms. The van der Waals surface area contributed by atoms with E-state index >= 15 is 0 Å². The van der Waals surface area contributed by atoms with Crippen LogP contribution in [0, 0.1) is 0 Å². The molecule has 21 heavy (non-hydrogen) atoms. The number of pyridine rings is 1. The van der Waals surface area contributed by atoms with Crippen LogP contribution in [0.5, 0.6) is 0 Å². The van der Waals surface area contributed by atoms with Gasteiger partial charge < -0.3 is 4.70 Å². The molecule has 0 aliphatic heterocycles. The predicted octanol–water partition coefficient (Wildman–Crippen LogP) is 2.46. The fourth-order valence-electron chi connectivity index (χ4n) is 2.67. The van der Waals surface area contributed by atoms with Crippen molar-refractivity contribution in [2.45, 2.75) is 91.0 Å². The summed E-state index contributed by atoms with van der Waals surface area (Å²) in [5.74, 6) is 0. The zero-order chi connectivity index (χ0) is 14.5.